The van der Waals surface area contributed by atoms with Crippen LogP contribution in [0.4, 0.5) is 17.1 Å². The Morgan fingerprint density at radius 1 is 0.963 bits per heavy atom. The Morgan fingerprint density at radius 3 is 2.44 bits per heavy atom. The number of amides is 2. The number of aliphatic hydroxyl groups is 1. The number of aliphatic hydroxyl groups excluding tert-OH is 1. The number of halogens is 1. The zero-order valence-corrected chi connectivity index (χ0v) is 33.2. The van der Waals surface area contributed by atoms with Gasteiger partial charge in [0, 0.05) is 46.3 Å². The van der Waals surface area contributed by atoms with Crippen LogP contribution in [0.2, 0.25) is 18.6 Å². The summed E-state index contributed by atoms with van der Waals surface area (Å²) in [5.41, 5.74) is 5.47. The van der Waals surface area contributed by atoms with Crippen LogP contribution >= 0.6 is 15.9 Å². The molecular weight excluding hydrogens is 762 g/mol. The van der Waals surface area contributed by atoms with Crippen molar-refractivity contribution in [3.8, 4) is 0 Å². The molecule has 0 aliphatic carbocycles. The lowest BCUT2D eigenvalue weighted by Gasteiger charge is -2.32. The fraction of sp³-hybridized carbons (Fsp3) is 0.333. The van der Waals surface area contributed by atoms with E-state index in [1.807, 2.05) is 122 Å². The van der Waals surface area contributed by atoms with Gasteiger partial charge in [-0.15, -0.1) is 5.10 Å². The number of hydrogen-bond donors (Lipinski definition) is 2. The van der Waals surface area contributed by atoms with Crippen LogP contribution in [0, 0.1) is 5.92 Å². The maximum atomic E-state index is 15.0. The molecule has 1 aromatic heterocycles. The van der Waals surface area contributed by atoms with Crippen molar-refractivity contribution < 1.29 is 24.2 Å². The molecule has 278 valence electrons. The molecule has 3 aliphatic heterocycles. The van der Waals surface area contributed by atoms with Crippen molar-refractivity contribution in [3.63, 3.8) is 0 Å². The highest BCUT2D eigenvalue weighted by atomic mass is 79.9. The minimum absolute atomic E-state index is 0.0650. The maximum absolute atomic E-state index is 15.0. The van der Waals surface area contributed by atoms with E-state index in [0.717, 1.165) is 50.2 Å². The molecule has 1 unspecified atom stereocenters. The third-order valence-corrected chi connectivity index (χ3v) is 14.5. The molecule has 0 bridgehead atoms. The number of fused-ring (bicyclic) bond motifs is 3. The minimum atomic E-state index is -2.88. The monoisotopic (exact) mass is 805 g/mol. The van der Waals surface area contributed by atoms with Crippen molar-refractivity contribution in [1.29, 1.82) is 0 Å². The molecule has 12 heteroatoms. The molecule has 5 atom stereocenters. The number of benzene rings is 4. The van der Waals surface area contributed by atoms with E-state index in [4.69, 9.17) is 4.74 Å². The van der Waals surface area contributed by atoms with Gasteiger partial charge in [-0.25, -0.2) is 0 Å². The largest absolute Gasteiger partial charge is 0.432 e. The summed E-state index contributed by atoms with van der Waals surface area (Å²) in [5.74, 6) is -0.680. The number of carbonyl (C=O) groups excluding carboxylic acids is 2. The number of aryl methyl sites for hydroxylation is 2. The lowest BCUT2D eigenvalue weighted by atomic mass is 9.82. The third kappa shape index (κ3) is 6.33. The van der Waals surface area contributed by atoms with Gasteiger partial charge in [-0.2, -0.15) is 0 Å². The van der Waals surface area contributed by atoms with Gasteiger partial charge in [0.2, 0.25) is 5.91 Å². The van der Waals surface area contributed by atoms with Gasteiger partial charge in [0.1, 0.15) is 0 Å². The average molecular weight is 807 g/mol. The number of anilines is 3. The number of rotatable bonds is 10. The van der Waals surface area contributed by atoms with Crippen LogP contribution in [0.3, 0.4) is 0 Å². The molecule has 1 spiro atoms. The highest BCUT2D eigenvalue weighted by Gasteiger charge is 2.66. The summed E-state index contributed by atoms with van der Waals surface area (Å²) < 4.78 is 9.65. The predicted octanol–water partition coefficient (Wildman–Crippen LogP) is 7.21. The number of para-hydroxylation sites is 1. The van der Waals surface area contributed by atoms with Crippen LogP contribution in [-0.2, 0) is 39.4 Å². The Kier molecular flexibility index (Phi) is 9.68. The molecule has 0 saturated carbocycles. The van der Waals surface area contributed by atoms with Crippen LogP contribution in [0.25, 0.3) is 0 Å². The molecule has 54 heavy (non-hydrogen) atoms. The first-order valence-electron chi connectivity index (χ1n) is 18.6. The predicted molar refractivity (Wildman–Crippen MR) is 213 cm³/mol. The molecular formula is C42H44BrN5O5Si. The van der Waals surface area contributed by atoms with Crippen LogP contribution in [0.15, 0.2) is 108 Å². The normalized spacial score (nSPS) is 22.9. The zero-order valence-electron chi connectivity index (χ0n) is 30.6. The van der Waals surface area contributed by atoms with Crippen molar-refractivity contribution in [3.05, 3.63) is 136 Å². The summed E-state index contributed by atoms with van der Waals surface area (Å²) in [4.78, 5) is 43.4. The zero-order chi connectivity index (χ0) is 37.8. The van der Waals surface area contributed by atoms with Gasteiger partial charge in [-0.05, 0) is 79.0 Å². The Labute approximate surface area is 324 Å². The lowest BCUT2D eigenvalue weighted by molar-refractivity contribution is -0.146. The van der Waals surface area contributed by atoms with E-state index in [2.05, 4.69) is 32.3 Å². The van der Waals surface area contributed by atoms with E-state index < -0.39 is 20.0 Å². The van der Waals surface area contributed by atoms with Crippen LogP contribution in [-0.4, -0.2) is 57.7 Å². The summed E-state index contributed by atoms with van der Waals surface area (Å²) in [5, 5.41) is 19.0. The molecule has 2 amide bonds. The summed E-state index contributed by atoms with van der Waals surface area (Å²) in [6.45, 7) is 6.59. The molecule has 3 aliphatic rings. The first kappa shape index (κ1) is 36.5. The van der Waals surface area contributed by atoms with Crippen LogP contribution in [0.5, 0.6) is 0 Å². The molecule has 1 fully saturated rings. The summed E-state index contributed by atoms with van der Waals surface area (Å²) in [6.07, 6.45) is 3.15. The Balaban J connectivity index is 1.06. The molecule has 4 heterocycles. The van der Waals surface area contributed by atoms with Gasteiger partial charge < -0.3 is 19.5 Å². The van der Waals surface area contributed by atoms with Gasteiger partial charge in [0.25, 0.3) is 5.91 Å². The Morgan fingerprint density at radius 2 is 1.70 bits per heavy atom. The third-order valence-electron chi connectivity index (χ3n) is 11.5. The Hall–Kier alpha value is -4.46. The number of nitrogens with zero attached hydrogens (tertiary/aromatic N) is 5. The van der Waals surface area contributed by atoms with Crippen molar-refractivity contribution >= 4 is 53.1 Å². The quantitative estimate of drug-likeness (QED) is 0.143. The fourth-order valence-corrected chi connectivity index (χ4v) is 12.0. The number of ether oxygens (including phenoxy) is 1. The van der Waals surface area contributed by atoms with E-state index >= 15 is 0 Å². The topological polar surface area (TPSA) is 121 Å². The SMILES string of the molecule is C[C@@H]1[C@@H]([Si](C)(C)O)[C@H](CCn2cc(C(CO)c3ccccc3)nn2)O[C@@]12C(=O)N(Cc1ccc(N3C(=O)CCc4ccccc43)cc1)c1ccc(Br)cc12. The summed E-state index contributed by atoms with van der Waals surface area (Å²) in [6, 6.07) is 31.5. The van der Waals surface area contributed by atoms with Gasteiger partial charge in [0.05, 0.1) is 42.2 Å². The summed E-state index contributed by atoms with van der Waals surface area (Å²) >= 11 is 3.66. The smallest absolute Gasteiger partial charge is 0.264 e. The van der Waals surface area contributed by atoms with E-state index in [-0.39, 0.29) is 35.8 Å². The number of aromatic nitrogens is 3. The van der Waals surface area contributed by atoms with Crippen molar-refractivity contribution in [2.45, 2.75) is 75.5 Å². The van der Waals surface area contributed by atoms with E-state index in [1.165, 1.54) is 0 Å². The molecule has 1 saturated heterocycles. The second kappa shape index (κ2) is 14.3. The highest BCUT2D eigenvalue weighted by Crippen LogP contribution is 2.60. The van der Waals surface area contributed by atoms with E-state index in [9.17, 15) is 19.5 Å². The van der Waals surface area contributed by atoms with Gasteiger partial charge in [-0.1, -0.05) is 88.7 Å². The molecule has 5 aromatic rings. The van der Waals surface area contributed by atoms with Crippen molar-refractivity contribution in [2.24, 2.45) is 5.92 Å². The first-order valence-corrected chi connectivity index (χ1v) is 22.4. The second-order valence-electron chi connectivity index (χ2n) is 15.3. The standard InChI is InChI=1S/C42H44BrN5O5Si/c1-27-40(54(2,3)52)38(21-22-46-25-35(44-45-46)33(26-49)29-9-5-4-6-10-29)53-42(27)34-23-31(43)16-19-37(34)47(41(42)51)24-28-13-17-32(18-14-28)48-36-12-8-7-11-30(36)15-20-39(48)50/h4-14,16-19,23,25,27,33,38,40,49,52H,15,20-22,24,26H2,1-3H3/t27-,33?,38+,40-,42+/m1/s1. The molecule has 10 nitrogen and oxygen atoms in total. The molecule has 2 N–H and O–H groups in total. The maximum Gasteiger partial charge on any atom is 0.264 e. The highest BCUT2D eigenvalue weighted by molar-refractivity contribution is 9.10. The molecule has 8 rings (SSSR count). The van der Waals surface area contributed by atoms with E-state index in [1.54, 1.807) is 9.58 Å². The summed E-state index contributed by atoms with van der Waals surface area (Å²) in [7, 11) is -2.88. The lowest BCUT2D eigenvalue weighted by Crippen LogP contribution is -2.46. The van der Waals surface area contributed by atoms with E-state index in [0.29, 0.717) is 31.6 Å². The second-order valence-corrected chi connectivity index (χ2v) is 20.2. The van der Waals surface area contributed by atoms with Crippen molar-refractivity contribution in [1.82, 2.24) is 15.0 Å². The fourth-order valence-electron chi connectivity index (χ4n) is 9.02. The van der Waals surface area contributed by atoms with Crippen molar-refractivity contribution in [2.75, 3.05) is 16.4 Å². The van der Waals surface area contributed by atoms with Crippen LogP contribution in [0.1, 0.15) is 53.6 Å². The van der Waals surface area contributed by atoms with Gasteiger partial charge in [0.15, 0.2) is 13.9 Å². The minimum Gasteiger partial charge on any atom is -0.432 e. The molecule has 0 radical (unpaired) electrons. The number of hydrogen-bond acceptors (Lipinski definition) is 7. The first-order chi connectivity index (χ1) is 26.0. The van der Waals surface area contributed by atoms with Gasteiger partial charge >= 0.3 is 0 Å². The molecule has 4 aromatic carbocycles. The Bertz CT molecular complexity index is 2190. The van der Waals surface area contributed by atoms with Gasteiger partial charge in [-0.3, -0.25) is 19.2 Å². The average Bonchev–Trinajstić information content (AvgIpc) is 3.82. The van der Waals surface area contributed by atoms with Crippen LogP contribution < -0.4 is 9.80 Å². The number of carbonyl (C=O) groups is 2.